The molecule has 7 nitrogen and oxygen atoms in total. The van der Waals surface area contributed by atoms with Crippen molar-refractivity contribution in [3.05, 3.63) is 118 Å². The minimum absolute atomic E-state index is 0.273. The molecule has 0 radical (unpaired) electrons. The number of carbonyl (C=O) groups is 1. The molecule has 0 spiro atoms. The van der Waals surface area contributed by atoms with Crippen molar-refractivity contribution in [1.29, 1.82) is 0 Å². The molecule has 4 aromatic rings. The molecule has 1 atom stereocenters. The first-order valence-corrected chi connectivity index (χ1v) is 13.9. The average Bonchev–Trinajstić information content (AvgIpc) is 3.23. The topological polar surface area (TPSA) is 81.9 Å². The van der Waals surface area contributed by atoms with Gasteiger partial charge in [0.25, 0.3) is 11.5 Å². The Balaban J connectivity index is 1.69. The lowest BCUT2D eigenvalue weighted by Crippen LogP contribution is -2.40. The van der Waals surface area contributed by atoms with Crippen LogP contribution in [0.5, 0.6) is 11.5 Å². The van der Waals surface area contributed by atoms with Gasteiger partial charge in [-0.3, -0.25) is 14.2 Å². The van der Waals surface area contributed by atoms with Gasteiger partial charge in [-0.15, -0.1) is 0 Å². The molecule has 3 aromatic carbocycles. The van der Waals surface area contributed by atoms with Crippen molar-refractivity contribution in [3.8, 4) is 11.5 Å². The summed E-state index contributed by atoms with van der Waals surface area (Å²) in [6, 6.07) is 19.2. The number of aromatic nitrogens is 1. The predicted molar refractivity (Wildman–Crippen MR) is 158 cm³/mol. The van der Waals surface area contributed by atoms with Crippen LogP contribution in [-0.4, -0.2) is 24.7 Å². The van der Waals surface area contributed by atoms with E-state index in [0.29, 0.717) is 48.4 Å². The van der Waals surface area contributed by atoms with Gasteiger partial charge in [0.15, 0.2) is 4.80 Å². The highest BCUT2D eigenvalue weighted by molar-refractivity contribution is 9.10. The Hall–Kier alpha value is -3.66. The van der Waals surface area contributed by atoms with Gasteiger partial charge in [-0.05, 0) is 64.8 Å². The third kappa shape index (κ3) is 5.30. The fourth-order valence-corrected chi connectivity index (χ4v) is 6.12. The number of nitrogens with zero attached hydrogens (tertiary/aromatic N) is 2. The van der Waals surface area contributed by atoms with E-state index in [2.05, 4.69) is 26.2 Å². The van der Waals surface area contributed by atoms with E-state index in [1.165, 1.54) is 11.3 Å². The zero-order chi connectivity index (χ0) is 27.7. The number of ether oxygens (including phenoxy) is 2. The van der Waals surface area contributed by atoms with E-state index in [1.807, 2.05) is 36.4 Å². The maximum absolute atomic E-state index is 13.9. The Kier molecular flexibility index (Phi) is 7.74. The van der Waals surface area contributed by atoms with E-state index in [4.69, 9.17) is 21.1 Å². The van der Waals surface area contributed by atoms with Crippen LogP contribution in [0, 0.1) is 0 Å². The smallest absolute Gasteiger partial charge is 0.271 e. The van der Waals surface area contributed by atoms with Gasteiger partial charge < -0.3 is 14.8 Å². The molecule has 198 valence electrons. The maximum atomic E-state index is 13.9. The minimum atomic E-state index is -0.700. The van der Waals surface area contributed by atoms with E-state index < -0.39 is 6.04 Å². The van der Waals surface area contributed by atoms with Crippen molar-refractivity contribution in [1.82, 2.24) is 4.57 Å². The van der Waals surface area contributed by atoms with Gasteiger partial charge in [-0.1, -0.05) is 53.3 Å². The Morgan fingerprint density at radius 2 is 1.77 bits per heavy atom. The van der Waals surface area contributed by atoms with Gasteiger partial charge in [0.2, 0.25) is 0 Å². The van der Waals surface area contributed by atoms with Crippen LogP contribution in [0.25, 0.3) is 6.08 Å². The SMILES string of the molecule is COc1cc(OC)c(/C=c2\sc3n(c2=O)C(c2ccc(Cl)cc2)C(C(=O)Nc2ccccc2)=C(C)N=3)cc1Br. The molecule has 0 bridgehead atoms. The summed E-state index contributed by atoms with van der Waals surface area (Å²) in [5.74, 6) is 0.824. The number of allylic oxidation sites excluding steroid dienone is 1. The van der Waals surface area contributed by atoms with E-state index in [0.717, 1.165) is 10.0 Å². The quantitative estimate of drug-likeness (QED) is 0.316. The fourth-order valence-electron chi connectivity index (χ4n) is 4.43. The number of benzene rings is 3. The largest absolute Gasteiger partial charge is 0.496 e. The molecule has 1 unspecified atom stereocenters. The highest BCUT2D eigenvalue weighted by Crippen LogP contribution is 2.34. The monoisotopic (exact) mass is 623 g/mol. The van der Waals surface area contributed by atoms with Crippen LogP contribution in [0.15, 0.2) is 92.3 Å². The number of rotatable bonds is 6. The van der Waals surface area contributed by atoms with Gasteiger partial charge in [0.05, 0.1) is 40.5 Å². The van der Waals surface area contributed by atoms with Crippen molar-refractivity contribution >= 4 is 56.5 Å². The number of carbonyl (C=O) groups excluding carboxylic acids is 1. The number of anilines is 1. The highest BCUT2D eigenvalue weighted by atomic mass is 79.9. The molecular formula is C29H23BrClN3O4S. The minimum Gasteiger partial charge on any atom is -0.496 e. The fraction of sp³-hybridized carbons (Fsp3) is 0.138. The standard InChI is InChI=1S/C29H23BrClN3O4S/c1-16-25(27(35)33-20-7-5-4-6-8-20)26(17-9-11-19(31)12-10-17)34-28(36)24(39-29(34)32-16)14-18-13-21(30)23(38-3)15-22(18)37-2/h4-15,26H,1-3H3,(H,33,35)/b24-14-. The van der Waals surface area contributed by atoms with Crippen LogP contribution < -0.4 is 29.7 Å². The molecule has 0 saturated heterocycles. The van der Waals surface area contributed by atoms with Crippen LogP contribution in [-0.2, 0) is 4.79 Å². The summed E-state index contributed by atoms with van der Waals surface area (Å²) < 4.78 is 13.7. The van der Waals surface area contributed by atoms with Crippen LogP contribution in [0.1, 0.15) is 24.1 Å². The first-order valence-electron chi connectivity index (χ1n) is 11.9. The summed E-state index contributed by atoms with van der Waals surface area (Å²) >= 11 is 10.9. The van der Waals surface area contributed by atoms with Gasteiger partial charge in [-0.2, -0.15) is 0 Å². The van der Waals surface area contributed by atoms with Crippen LogP contribution >= 0.6 is 38.9 Å². The number of hydrogen-bond donors (Lipinski definition) is 1. The molecule has 10 heteroatoms. The molecule has 1 N–H and O–H groups in total. The number of halogens is 2. The summed E-state index contributed by atoms with van der Waals surface area (Å²) in [5.41, 5.74) is 2.71. The molecule has 39 heavy (non-hydrogen) atoms. The summed E-state index contributed by atoms with van der Waals surface area (Å²) in [4.78, 5) is 32.7. The lowest BCUT2D eigenvalue weighted by molar-refractivity contribution is -0.113. The average molecular weight is 625 g/mol. The Labute approximate surface area is 241 Å². The molecule has 0 aliphatic carbocycles. The van der Waals surface area contributed by atoms with E-state index in [-0.39, 0.29) is 11.5 Å². The first-order chi connectivity index (χ1) is 18.8. The number of hydrogen-bond acceptors (Lipinski definition) is 6. The maximum Gasteiger partial charge on any atom is 0.271 e. The second-order valence-corrected chi connectivity index (χ2v) is 11.0. The van der Waals surface area contributed by atoms with E-state index >= 15 is 0 Å². The van der Waals surface area contributed by atoms with Crippen molar-refractivity contribution < 1.29 is 14.3 Å². The molecule has 5 rings (SSSR count). The molecule has 0 fully saturated rings. The zero-order valence-corrected chi connectivity index (χ0v) is 24.4. The molecule has 1 amide bonds. The van der Waals surface area contributed by atoms with Crippen LogP contribution in [0.3, 0.4) is 0 Å². The molecule has 1 aliphatic heterocycles. The normalized spacial score (nSPS) is 15.0. The number of thiazole rings is 1. The summed E-state index contributed by atoms with van der Waals surface area (Å²) in [6.07, 6.45) is 1.76. The van der Waals surface area contributed by atoms with Crippen molar-refractivity contribution in [2.45, 2.75) is 13.0 Å². The van der Waals surface area contributed by atoms with Crippen LogP contribution in [0.4, 0.5) is 5.69 Å². The third-order valence-electron chi connectivity index (χ3n) is 6.27. The Bertz CT molecular complexity index is 1780. The molecular weight excluding hydrogens is 602 g/mol. The van der Waals surface area contributed by atoms with Gasteiger partial charge in [0.1, 0.15) is 11.5 Å². The van der Waals surface area contributed by atoms with Gasteiger partial charge >= 0.3 is 0 Å². The van der Waals surface area contributed by atoms with E-state index in [1.54, 1.807) is 62.1 Å². The summed E-state index contributed by atoms with van der Waals surface area (Å²) in [7, 11) is 3.13. The van der Waals surface area contributed by atoms with E-state index in [9.17, 15) is 9.59 Å². The zero-order valence-electron chi connectivity index (χ0n) is 21.2. The predicted octanol–water partition coefficient (Wildman–Crippen LogP) is 5.31. The number of methoxy groups -OCH3 is 2. The number of nitrogens with one attached hydrogen (secondary N) is 1. The summed E-state index contributed by atoms with van der Waals surface area (Å²) in [5, 5.41) is 3.50. The van der Waals surface area contributed by atoms with Crippen molar-refractivity contribution in [3.63, 3.8) is 0 Å². The molecule has 2 heterocycles. The Morgan fingerprint density at radius 1 is 1.08 bits per heavy atom. The van der Waals surface area contributed by atoms with Crippen LogP contribution in [0.2, 0.25) is 5.02 Å². The van der Waals surface area contributed by atoms with Gasteiger partial charge in [-0.25, -0.2) is 4.99 Å². The summed E-state index contributed by atoms with van der Waals surface area (Å²) in [6.45, 7) is 1.78. The second kappa shape index (κ2) is 11.2. The van der Waals surface area contributed by atoms with Crippen molar-refractivity contribution in [2.75, 3.05) is 19.5 Å². The molecule has 1 aromatic heterocycles. The molecule has 0 saturated carbocycles. The second-order valence-electron chi connectivity index (χ2n) is 8.68. The number of amides is 1. The van der Waals surface area contributed by atoms with Gasteiger partial charge in [0, 0.05) is 22.3 Å². The lowest BCUT2D eigenvalue weighted by Gasteiger charge is -2.25. The lowest BCUT2D eigenvalue weighted by atomic mass is 9.95. The highest BCUT2D eigenvalue weighted by Gasteiger charge is 2.32. The Morgan fingerprint density at radius 3 is 2.44 bits per heavy atom. The first kappa shape index (κ1) is 26.9. The molecule has 1 aliphatic rings. The van der Waals surface area contributed by atoms with Crippen molar-refractivity contribution in [2.24, 2.45) is 4.99 Å². The third-order valence-corrected chi connectivity index (χ3v) is 8.13. The number of fused-ring (bicyclic) bond motifs is 1. The number of para-hydroxylation sites is 1.